The number of amides is 3. The fourth-order valence-electron chi connectivity index (χ4n) is 3.00. The third-order valence-electron chi connectivity index (χ3n) is 4.18. The highest BCUT2D eigenvalue weighted by Gasteiger charge is 2.29. The normalized spacial score (nSPS) is 17.0. The Morgan fingerprint density at radius 3 is 2.91 bits per heavy atom. The number of imide groups is 1. The lowest BCUT2D eigenvalue weighted by Crippen LogP contribution is -2.30. The van der Waals surface area contributed by atoms with Crippen LogP contribution in [-0.4, -0.2) is 28.4 Å². The van der Waals surface area contributed by atoms with Gasteiger partial charge in [-0.15, -0.1) is 11.3 Å². The number of benzene rings is 1. The van der Waals surface area contributed by atoms with Crippen LogP contribution in [0.1, 0.15) is 22.6 Å². The molecule has 1 aromatic heterocycles. The molecule has 1 aromatic carbocycles. The maximum Gasteiger partial charge on any atom is 0.324 e. The van der Waals surface area contributed by atoms with Gasteiger partial charge in [0.05, 0.1) is 18.8 Å². The zero-order valence-corrected chi connectivity index (χ0v) is 12.8. The molecule has 0 atom stereocenters. The molecule has 0 unspecified atom stereocenters. The molecule has 1 fully saturated rings. The summed E-state index contributed by atoms with van der Waals surface area (Å²) in [4.78, 5) is 29.0. The van der Waals surface area contributed by atoms with Crippen LogP contribution in [0.25, 0.3) is 11.3 Å². The molecule has 2 aromatic rings. The van der Waals surface area contributed by atoms with E-state index in [0.717, 1.165) is 22.7 Å². The van der Waals surface area contributed by atoms with E-state index in [2.05, 4.69) is 28.5 Å². The zero-order valence-electron chi connectivity index (χ0n) is 12.0. The van der Waals surface area contributed by atoms with E-state index in [4.69, 9.17) is 0 Å². The van der Waals surface area contributed by atoms with Gasteiger partial charge in [-0.1, -0.05) is 12.1 Å². The van der Waals surface area contributed by atoms with Gasteiger partial charge >= 0.3 is 6.03 Å². The summed E-state index contributed by atoms with van der Waals surface area (Å²) >= 11 is 1.48. The number of carbonyl (C=O) groups is 2. The van der Waals surface area contributed by atoms with Crippen molar-refractivity contribution < 1.29 is 9.59 Å². The second-order valence-corrected chi connectivity index (χ2v) is 6.54. The molecular formula is C16H15N3O2S. The highest BCUT2D eigenvalue weighted by molar-refractivity contribution is 7.09. The number of aryl methyl sites for hydroxylation is 2. The Morgan fingerprint density at radius 2 is 2.09 bits per heavy atom. The van der Waals surface area contributed by atoms with E-state index in [0.29, 0.717) is 0 Å². The number of carbonyl (C=O) groups excluding carboxylic acids is 2. The van der Waals surface area contributed by atoms with Gasteiger partial charge in [0.15, 0.2) is 0 Å². The molecule has 112 valence electrons. The lowest BCUT2D eigenvalue weighted by Gasteiger charge is -2.09. The van der Waals surface area contributed by atoms with Crippen molar-refractivity contribution in [2.45, 2.75) is 25.8 Å². The number of nitrogens with one attached hydrogen (secondary N) is 1. The van der Waals surface area contributed by atoms with Gasteiger partial charge in [0.1, 0.15) is 5.01 Å². The fraction of sp³-hybridized carbons (Fsp3) is 0.312. The minimum atomic E-state index is -0.334. The topological polar surface area (TPSA) is 62.3 Å². The van der Waals surface area contributed by atoms with E-state index in [1.165, 1.54) is 40.2 Å². The molecule has 6 heteroatoms. The number of fused-ring (bicyclic) bond motifs is 1. The van der Waals surface area contributed by atoms with E-state index in [-0.39, 0.29) is 25.0 Å². The summed E-state index contributed by atoms with van der Waals surface area (Å²) in [6.45, 7) is 0.335. The summed E-state index contributed by atoms with van der Waals surface area (Å²) in [5, 5.41) is 5.29. The largest absolute Gasteiger partial charge is 0.329 e. The predicted molar refractivity (Wildman–Crippen MR) is 83.5 cm³/mol. The van der Waals surface area contributed by atoms with Gasteiger partial charge in [0, 0.05) is 10.9 Å². The number of hydrogen-bond donors (Lipinski definition) is 1. The molecule has 1 saturated heterocycles. The Bertz CT molecular complexity index is 753. The first kappa shape index (κ1) is 13.5. The standard InChI is InChI=1S/C16H15N3O2S/c20-15-7-17-16(21)19(15)8-14-18-13(9-22-14)12-5-4-10-2-1-3-11(10)6-12/h4-6,9H,1-3,7-8H2,(H,17,21). The average Bonchev–Trinajstić information content (AvgIpc) is 3.23. The van der Waals surface area contributed by atoms with Crippen molar-refractivity contribution in [3.8, 4) is 11.3 Å². The Morgan fingerprint density at radius 1 is 1.23 bits per heavy atom. The summed E-state index contributed by atoms with van der Waals surface area (Å²) in [6, 6.07) is 6.18. The van der Waals surface area contributed by atoms with Crippen molar-refractivity contribution in [1.29, 1.82) is 0 Å². The number of thiazole rings is 1. The monoisotopic (exact) mass is 313 g/mol. The first-order valence-electron chi connectivity index (χ1n) is 7.35. The van der Waals surface area contributed by atoms with E-state index in [1.807, 2.05) is 5.38 Å². The van der Waals surface area contributed by atoms with Crippen molar-refractivity contribution in [2.24, 2.45) is 0 Å². The molecule has 4 rings (SSSR count). The van der Waals surface area contributed by atoms with Gasteiger partial charge in [-0.2, -0.15) is 0 Å². The molecule has 22 heavy (non-hydrogen) atoms. The van der Waals surface area contributed by atoms with Crippen molar-refractivity contribution >= 4 is 23.3 Å². The van der Waals surface area contributed by atoms with Crippen molar-refractivity contribution in [1.82, 2.24) is 15.2 Å². The maximum absolute atomic E-state index is 11.6. The summed E-state index contributed by atoms with van der Waals surface area (Å²) in [5.74, 6) is -0.195. The number of nitrogens with zero attached hydrogens (tertiary/aromatic N) is 2. The smallest absolute Gasteiger partial charge is 0.324 e. The molecule has 2 aliphatic rings. The summed E-state index contributed by atoms with van der Waals surface area (Å²) in [7, 11) is 0. The molecule has 3 amide bonds. The molecule has 1 aliphatic carbocycles. The summed E-state index contributed by atoms with van der Waals surface area (Å²) < 4.78 is 0. The maximum atomic E-state index is 11.6. The highest BCUT2D eigenvalue weighted by Crippen LogP contribution is 2.29. The zero-order chi connectivity index (χ0) is 15.1. The second kappa shape index (κ2) is 5.21. The van der Waals surface area contributed by atoms with Gasteiger partial charge in [0.25, 0.3) is 0 Å². The van der Waals surface area contributed by atoms with Crippen molar-refractivity contribution in [2.75, 3.05) is 6.54 Å². The van der Waals surface area contributed by atoms with Crippen molar-refractivity contribution in [3.63, 3.8) is 0 Å². The first-order chi connectivity index (χ1) is 10.7. The first-order valence-corrected chi connectivity index (χ1v) is 8.23. The van der Waals surface area contributed by atoms with E-state index in [1.54, 1.807) is 0 Å². The summed E-state index contributed by atoms with van der Waals surface area (Å²) in [5.41, 5.74) is 4.89. The van der Waals surface area contributed by atoms with Crippen LogP contribution in [0.3, 0.4) is 0 Å². The van der Waals surface area contributed by atoms with Crippen LogP contribution < -0.4 is 5.32 Å². The number of urea groups is 1. The molecule has 2 heterocycles. The number of hydrogen-bond acceptors (Lipinski definition) is 4. The van der Waals surface area contributed by atoms with Crippen LogP contribution in [0.2, 0.25) is 0 Å². The summed E-state index contributed by atoms with van der Waals surface area (Å²) in [6.07, 6.45) is 3.54. The Hall–Kier alpha value is -2.21. The van der Waals surface area contributed by atoms with Gasteiger partial charge in [0.2, 0.25) is 5.91 Å². The van der Waals surface area contributed by atoms with Crippen molar-refractivity contribution in [3.05, 3.63) is 39.7 Å². The van der Waals surface area contributed by atoms with E-state index in [9.17, 15) is 9.59 Å². The van der Waals surface area contributed by atoms with Crippen LogP contribution in [0.15, 0.2) is 23.6 Å². The number of rotatable bonds is 3. The SMILES string of the molecule is O=C1CNC(=O)N1Cc1nc(-c2ccc3c(c2)CCC3)cs1. The Kier molecular flexibility index (Phi) is 3.18. The minimum Gasteiger partial charge on any atom is -0.329 e. The highest BCUT2D eigenvalue weighted by atomic mass is 32.1. The van der Waals surface area contributed by atoms with Crippen LogP contribution >= 0.6 is 11.3 Å². The van der Waals surface area contributed by atoms with E-state index >= 15 is 0 Å². The van der Waals surface area contributed by atoms with Crippen LogP contribution in [-0.2, 0) is 24.2 Å². The van der Waals surface area contributed by atoms with Gasteiger partial charge in [-0.05, 0) is 36.5 Å². The fourth-order valence-corrected chi connectivity index (χ4v) is 3.79. The minimum absolute atomic E-state index is 0.0852. The molecule has 0 saturated carbocycles. The predicted octanol–water partition coefficient (Wildman–Crippen LogP) is 2.35. The van der Waals surface area contributed by atoms with Gasteiger partial charge in [-0.25, -0.2) is 9.78 Å². The van der Waals surface area contributed by atoms with E-state index < -0.39 is 0 Å². The third-order valence-corrected chi connectivity index (χ3v) is 5.01. The van der Waals surface area contributed by atoms with Gasteiger partial charge in [-0.3, -0.25) is 9.69 Å². The van der Waals surface area contributed by atoms with Crippen LogP contribution in [0.5, 0.6) is 0 Å². The lowest BCUT2D eigenvalue weighted by molar-refractivity contribution is -0.125. The molecule has 1 aliphatic heterocycles. The Labute approximate surface area is 132 Å². The quantitative estimate of drug-likeness (QED) is 0.885. The molecule has 1 N–H and O–H groups in total. The average molecular weight is 313 g/mol. The number of aromatic nitrogens is 1. The molecule has 0 radical (unpaired) electrons. The van der Waals surface area contributed by atoms with Crippen LogP contribution in [0.4, 0.5) is 4.79 Å². The second-order valence-electron chi connectivity index (χ2n) is 5.60. The molecule has 5 nitrogen and oxygen atoms in total. The Balaban J connectivity index is 1.56. The third kappa shape index (κ3) is 2.29. The lowest BCUT2D eigenvalue weighted by atomic mass is 10.1. The van der Waals surface area contributed by atoms with Gasteiger partial charge < -0.3 is 5.32 Å². The molecule has 0 bridgehead atoms. The molecular weight excluding hydrogens is 298 g/mol. The molecule has 0 spiro atoms. The van der Waals surface area contributed by atoms with Crippen LogP contribution in [0, 0.1) is 0 Å².